The maximum Gasteiger partial charge on any atom is 0.255 e. The first-order chi connectivity index (χ1) is 17.8. The zero-order valence-corrected chi connectivity index (χ0v) is 21.4. The van der Waals surface area contributed by atoms with E-state index in [1.807, 2.05) is 0 Å². The van der Waals surface area contributed by atoms with Gasteiger partial charge in [-0.2, -0.15) is 4.31 Å². The van der Waals surface area contributed by atoms with Gasteiger partial charge in [0.1, 0.15) is 11.9 Å². The summed E-state index contributed by atoms with van der Waals surface area (Å²) in [6.07, 6.45) is 0.475. The molecule has 4 rings (SSSR count). The summed E-state index contributed by atoms with van der Waals surface area (Å²) in [5.41, 5.74) is 0.789. The number of carbonyl (C=O) groups is 2. The quantitative estimate of drug-likeness (QED) is 0.314. The van der Waals surface area contributed by atoms with Crippen LogP contribution in [0.1, 0.15) is 33.6 Å². The van der Waals surface area contributed by atoms with Gasteiger partial charge in [-0.05, 0) is 43.2 Å². The number of piperidine rings is 1. The predicted molar refractivity (Wildman–Crippen MR) is 137 cm³/mol. The molecule has 37 heavy (non-hydrogen) atoms. The minimum absolute atomic E-state index is 0.0136. The first-order valence-electron chi connectivity index (χ1n) is 11.6. The maximum absolute atomic E-state index is 13.0. The molecule has 1 fully saturated rings. The molecule has 3 aromatic carbocycles. The first kappa shape index (κ1) is 26.7. The highest BCUT2D eigenvalue weighted by atomic mass is 32.2. The molecule has 3 aromatic rings. The van der Waals surface area contributed by atoms with Crippen LogP contribution in [-0.4, -0.2) is 58.9 Å². The van der Waals surface area contributed by atoms with Gasteiger partial charge in [0.15, 0.2) is 16.9 Å². The van der Waals surface area contributed by atoms with Gasteiger partial charge in [-0.15, -0.1) is 0 Å². The highest BCUT2D eigenvalue weighted by molar-refractivity contribution is 7.89. The molecule has 1 heterocycles. The van der Waals surface area contributed by atoms with Crippen LogP contribution in [0.4, 0.5) is 0 Å². The van der Waals surface area contributed by atoms with Crippen LogP contribution >= 0.6 is 0 Å². The van der Waals surface area contributed by atoms with Gasteiger partial charge >= 0.3 is 0 Å². The van der Waals surface area contributed by atoms with Crippen molar-refractivity contribution in [1.82, 2.24) is 9.62 Å². The van der Waals surface area contributed by atoms with Crippen LogP contribution in [0.5, 0.6) is 5.75 Å². The van der Waals surface area contributed by atoms with E-state index in [0.29, 0.717) is 24.2 Å². The SMILES string of the molecule is O=C(CNC(=O)c1ccccc1OC1CCN(S(=O)(=O)c2cccc(S(=O)O)c2)CC1)c1ccccc1. The van der Waals surface area contributed by atoms with Crippen molar-refractivity contribution >= 4 is 32.8 Å². The number of hydrogen-bond donors (Lipinski definition) is 2. The van der Waals surface area contributed by atoms with E-state index in [9.17, 15) is 26.8 Å². The second kappa shape index (κ2) is 11.8. The fraction of sp³-hybridized carbons (Fsp3) is 0.231. The molecule has 2 N–H and O–H groups in total. The smallest absolute Gasteiger partial charge is 0.255 e. The van der Waals surface area contributed by atoms with Gasteiger partial charge in [0.2, 0.25) is 10.0 Å². The van der Waals surface area contributed by atoms with Gasteiger partial charge in [-0.25, -0.2) is 12.6 Å². The molecule has 1 saturated heterocycles. The van der Waals surface area contributed by atoms with Crippen molar-refractivity contribution in [3.63, 3.8) is 0 Å². The molecule has 0 spiro atoms. The van der Waals surface area contributed by atoms with Gasteiger partial charge in [0.25, 0.3) is 5.91 Å². The fourth-order valence-electron chi connectivity index (χ4n) is 4.00. The molecular formula is C26H26N2O7S2. The third-order valence-electron chi connectivity index (χ3n) is 5.98. The number of benzene rings is 3. The van der Waals surface area contributed by atoms with Crippen LogP contribution < -0.4 is 10.1 Å². The average Bonchev–Trinajstić information content (AvgIpc) is 2.92. The number of rotatable bonds is 9. The zero-order chi connectivity index (χ0) is 26.4. The lowest BCUT2D eigenvalue weighted by atomic mass is 10.1. The maximum atomic E-state index is 13.0. The molecule has 1 aliphatic heterocycles. The number of hydrogen-bond acceptors (Lipinski definition) is 6. The Morgan fingerprint density at radius 3 is 2.35 bits per heavy atom. The Labute approximate surface area is 217 Å². The summed E-state index contributed by atoms with van der Waals surface area (Å²) in [6, 6.07) is 20.8. The Balaban J connectivity index is 1.37. The van der Waals surface area contributed by atoms with E-state index in [1.165, 1.54) is 28.6 Å². The molecule has 1 unspecified atom stereocenters. The third kappa shape index (κ3) is 6.50. The number of amides is 1. The molecule has 0 aromatic heterocycles. The van der Waals surface area contributed by atoms with Crippen molar-refractivity contribution in [2.75, 3.05) is 19.6 Å². The van der Waals surface area contributed by atoms with E-state index in [4.69, 9.17) is 4.74 Å². The molecule has 9 nitrogen and oxygen atoms in total. The summed E-state index contributed by atoms with van der Waals surface area (Å²) in [4.78, 5) is 25.1. The molecule has 1 atom stereocenters. The minimum atomic E-state index is -3.84. The molecule has 1 amide bonds. The van der Waals surface area contributed by atoms with Gasteiger partial charge in [0, 0.05) is 18.7 Å². The van der Waals surface area contributed by atoms with E-state index in [1.54, 1.807) is 54.6 Å². The van der Waals surface area contributed by atoms with E-state index < -0.39 is 27.0 Å². The minimum Gasteiger partial charge on any atom is -0.489 e. The van der Waals surface area contributed by atoms with Crippen LogP contribution in [-0.2, 0) is 21.1 Å². The Morgan fingerprint density at radius 1 is 0.973 bits per heavy atom. The lowest BCUT2D eigenvalue weighted by Crippen LogP contribution is -2.42. The van der Waals surface area contributed by atoms with E-state index in [0.717, 1.165) is 0 Å². The molecule has 0 saturated carbocycles. The highest BCUT2D eigenvalue weighted by Gasteiger charge is 2.31. The Kier molecular flexibility index (Phi) is 8.49. The largest absolute Gasteiger partial charge is 0.489 e. The normalized spacial score (nSPS) is 15.6. The van der Waals surface area contributed by atoms with E-state index >= 15 is 0 Å². The Hall–Kier alpha value is -3.38. The summed E-state index contributed by atoms with van der Waals surface area (Å²) in [6.45, 7) is 0.233. The van der Waals surface area contributed by atoms with Crippen LogP contribution in [0.3, 0.4) is 0 Å². The van der Waals surface area contributed by atoms with Crippen molar-refractivity contribution in [2.24, 2.45) is 0 Å². The fourth-order valence-corrected chi connectivity index (χ4v) is 6.01. The Bertz CT molecular complexity index is 1400. The predicted octanol–water partition coefficient (Wildman–Crippen LogP) is 3.11. The van der Waals surface area contributed by atoms with Crippen LogP contribution in [0.15, 0.2) is 88.7 Å². The van der Waals surface area contributed by atoms with Gasteiger partial charge in [0.05, 0.1) is 21.9 Å². The third-order valence-corrected chi connectivity index (χ3v) is 8.53. The van der Waals surface area contributed by atoms with Crippen molar-refractivity contribution in [3.8, 4) is 5.75 Å². The van der Waals surface area contributed by atoms with E-state index in [-0.39, 0.29) is 46.9 Å². The van der Waals surface area contributed by atoms with Crippen LogP contribution in [0.25, 0.3) is 0 Å². The first-order valence-corrected chi connectivity index (χ1v) is 14.1. The summed E-state index contributed by atoms with van der Waals surface area (Å²) < 4.78 is 54.0. The number of nitrogens with one attached hydrogen (secondary N) is 1. The molecular weight excluding hydrogens is 516 g/mol. The van der Waals surface area contributed by atoms with Crippen LogP contribution in [0, 0.1) is 0 Å². The van der Waals surface area contributed by atoms with Crippen molar-refractivity contribution in [3.05, 3.63) is 90.0 Å². The molecule has 0 bridgehead atoms. The van der Waals surface area contributed by atoms with E-state index in [2.05, 4.69) is 5.32 Å². The monoisotopic (exact) mass is 542 g/mol. The van der Waals surface area contributed by atoms with Crippen LogP contribution in [0.2, 0.25) is 0 Å². The second-order valence-electron chi connectivity index (χ2n) is 8.41. The number of carbonyl (C=O) groups excluding carboxylic acids is 2. The summed E-state index contributed by atoms with van der Waals surface area (Å²) in [5, 5.41) is 2.64. The van der Waals surface area contributed by atoms with Crippen molar-refractivity contribution < 1.29 is 31.5 Å². The topological polar surface area (TPSA) is 130 Å². The number of Topliss-reactive ketones (excluding diaryl/α,β-unsaturated/α-hetero) is 1. The number of sulfonamides is 1. The lowest BCUT2D eigenvalue weighted by Gasteiger charge is -2.31. The van der Waals surface area contributed by atoms with Gasteiger partial charge < -0.3 is 14.6 Å². The van der Waals surface area contributed by atoms with Crippen molar-refractivity contribution in [1.29, 1.82) is 0 Å². The number of para-hydroxylation sites is 1. The molecule has 194 valence electrons. The summed E-state index contributed by atoms with van der Waals surface area (Å²) >= 11 is -2.28. The van der Waals surface area contributed by atoms with Gasteiger partial charge in [-0.1, -0.05) is 48.5 Å². The molecule has 1 aliphatic rings. The highest BCUT2D eigenvalue weighted by Crippen LogP contribution is 2.26. The number of ether oxygens (including phenoxy) is 1. The summed E-state index contributed by atoms with van der Waals surface area (Å²) in [7, 11) is -3.84. The molecule has 0 radical (unpaired) electrons. The molecule has 0 aliphatic carbocycles. The number of ketones is 1. The second-order valence-corrected chi connectivity index (χ2v) is 11.3. The molecule has 11 heteroatoms. The standard InChI is InChI=1S/C26H26N2O7S2/c29-24(19-7-2-1-3-8-19)18-27-26(30)23-11-4-5-12-25(23)35-20-13-15-28(16-14-20)37(33,34)22-10-6-9-21(17-22)36(31)32/h1-12,17,20H,13-16,18H2,(H,27,30)(H,31,32). The van der Waals surface area contributed by atoms with Gasteiger partial charge in [-0.3, -0.25) is 9.59 Å². The zero-order valence-electron chi connectivity index (χ0n) is 19.8. The number of nitrogens with zero attached hydrogens (tertiary/aromatic N) is 1. The Morgan fingerprint density at radius 2 is 1.65 bits per heavy atom. The average molecular weight is 543 g/mol. The lowest BCUT2D eigenvalue weighted by molar-refractivity contribution is 0.0894. The summed E-state index contributed by atoms with van der Waals surface area (Å²) in [5.74, 6) is -0.302. The van der Waals surface area contributed by atoms with Crippen molar-refractivity contribution in [2.45, 2.75) is 28.7 Å².